The van der Waals surface area contributed by atoms with E-state index in [0.29, 0.717) is 5.38 Å². The fraction of sp³-hybridized carbons (Fsp3) is 1.00. The molecule has 0 bridgehead atoms. The van der Waals surface area contributed by atoms with Gasteiger partial charge in [0.1, 0.15) is 0 Å². The number of rotatable bonds is 0. The van der Waals surface area contributed by atoms with Gasteiger partial charge in [0.15, 0.2) is 0 Å². The molecule has 0 rings (SSSR count). The number of alkyl halides is 1. The molecule has 0 aromatic carbocycles. The van der Waals surface area contributed by atoms with E-state index in [1.807, 2.05) is 13.8 Å². The van der Waals surface area contributed by atoms with E-state index in [9.17, 15) is 0 Å². The molecule has 0 fully saturated rings. The van der Waals surface area contributed by atoms with Crippen LogP contribution in [0.2, 0.25) is 0 Å². The van der Waals surface area contributed by atoms with Crippen molar-refractivity contribution < 1.29 is 0 Å². The van der Waals surface area contributed by atoms with Crippen molar-refractivity contribution in [1.29, 1.82) is 0 Å². The minimum atomic E-state index is 0. The predicted molar refractivity (Wildman–Crippen MR) is 35.5 cm³/mol. The number of hydrogen-bond acceptors (Lipinski definition) is 0. The van der Waals surface area contributed by atoms with Crippen molar-refractivity contribution >= 4 is 36.4 Å². The van der Waals surface area contributed by atoms with E-state index < -0.39 is 0 Å². The van der Waals surface area contributed by atoms with Crippen LogP contribution in [0.25, 0.3) is 0 Å². The predicted octanol–water partition coefficient (Wildman–Crippen LogP) is 2.48. The average molecular weight is 151 g/mol. The van der Waals surface area contributed by atoms with Gasteiger partial charge in [0.2, 0.25) is 0 Å². The summed E-state index contributed by atoms with van der Waals surface area (Å²) in [6.45, 7) is 3.86. The van der Waals surface area contributed by atoms with E-state index in [0.717, 1.165) is 0 Å². The Morgan fingerprint density at radius 2 is 1.17 bits per heavy atom. The fourth-order valence-electron chi connectivity index (χ4n) is 0. The lowest BCUT2D eigenvalue weighted by molar-refractivity contribution is 1.10. The van der Waals surface area contributed by atoms with Crippen molar-refractivity contribution in [3.63, 3.8) is 0 Å². The Kier molecular flexibility index (Phi) is 24.5. The van der Waals surface area contributed by atoms with Crippen molar-refractivity contribution in [2.24, 2.45) is 0 Å². The molecule has 0 aliphatic carbocycles. The van der Waals surface area contributed by atoms with Crippen molar-refractivity contribution in [1.82, 2.24) is 0 Å². The molecule has 0 N–H and O–H groups in total. The Hall–Kier alpha value is 0.870. The standard InChI is InChI=1S/C3H7Cl.2ClH/c1-3(2)4;;/h3H,1-2H3;2*1H. The topological polar surface area (TPSA) is 0 Å². The molecule has 0 aliphatic heterocycles. The highest BCUT2D eigenvalue weighted by molar-refractivity contribution is 6.20. The van der Waals surface area contributed by atoms with Crippen LogP contribution in [-0.4, -0.2) is 5.38 Å². The second kappa shape index (κ2) is 9.30. The summed E-state index contributed by atoms with van der Waals surface area (Å²) in [6, 6.07) is 0. The summed E-state index contributed by atoms with van der Waals surface area (Å²) in [5.41, 5.74) is 0. The molecule has 6 heavy (non-hydrogen) atoms. The molecule has 0 saturated heterocycles. The summed E-state index contributed by atoms with van der Waals surface area (Å²) < 4.78 is 0. The lowest BCUT2D eigenvalue weighted by atomic mass is 10.6. The van der Waals surface area contributed by atoms with Crippen molar-refractivity contribution in [3.05, 3.63) is 0 Å². The molecule has 0 heterocycles. The van der Waals surface area contributed by atoms with Gasteiger partial charge < -0.3 is 0 Å². The summed E-state index contributed by atoms with van der Waals surface area (Å²) in [5.74, 6) is 0. The zero-order valence-electron chi connectivity index (χ0n) is 3.77. The molecule has 0 spiro atoms. The van der Waals surface area contributed by atoms with Gasteiger partial charge in [0.25, 0.3) is 0 Å². The van der Waals surface area contributed by atoms with E-state index in [1.54, 1.807) is 0 Å². The highest BCUT2D eigenvalue weighted by Crippen LogP contribution is 1.84. The SMILES string of the molecule is CC(C)Cl.Cl.Cl. The maximum atomic E-state index is 5.27. The molecule has 0 saturated carbocycles. The first kappa shape index (κ1) is 15.8. The van der Waals surface area contributed by atoms with Gasteiger partial charge in [0.05, 0.1) is 0 Å². The highest BCUT2D eigenvalue weighted by Gasteiger charge is 1.71. The molecule has 0 aromatic heterocycles. The number of hydrogen-bond donors (Lipinski definition) is 0. The van der Waals surface area contributed by atoms with Crippen LogP contribution in [0.3, 0.4) is 0 Å². The molecule has 42 valence electrons. The molecule has 0 radical (unpaired) electrons. The molecule has 0 atom stereocenters. The third-order valence-corrected chi connectivity index (χ3v) is 0. The molecule has 0 nitrogen and oxygen atoms in total. The normalized spacial score (nSPS) is 6.00. The van der Waals surface area contributed by atoms with Gasteiger partial charge >= 0.3 is 0 Å². The molecule has 0 aliphatic rings. The zero-order chi connectivity index (χ0) is 3.58. The van der Waals surface area contributed by atoms with Gasteiger partial charge in [-0.15, -0.1) is 36.4 Å². The van der Waals surface area contributed by atoms with Gasteiger partial charge in [-0.1, -0.05) is 0 Å². The van der Waals surface area contributed by atoms with Crippen molar-refractivity contribution in [3.8, 4) is 0 Å². The maximum Gasteiger partial charge on any atom is 0.0279 e. The molecular weight excluding hydrogens is 142 g/mol. The lowest BCUT2D eigenvalue weighted by Crippen LogP contribution is -1.70. The quantitative estimate of drug-likeness (QED) is 0.467. The van der Waals surface area contributed by atoms with Crippen LogP contribution in [0.5, 0.6) is 0 Å². The third-order valence-electron chi connectivity index (χ3n) is 0. The van der Waals surface area contributed by atoms with Gasteiger partial charge in [0, 0.05) is 5.38 Å². The van der Waals surface area contributed by atoms with E-state index in [-0.39, 0.29) is 24.8 Å². The van der Waals surface area contributed by atoms with Crippen LogP contribution in [0.15, 0.2) is 0 Å². The Morgan fingerprint density at radius 3 is 1.17 bits per heavy atom. The Bertz CT molecular complexity index is 10.8. The Balaban J connectivity index is -0.0000000450. The van der Waals surface area contributed by atoms with E-state index in [2.05, 4.69) is 0 Å². The molecule has 3 heteroatoms. The van der Waals surface area contributed by atoms with Crippen LogP contribution in [0.4, 0.5) is 0 Å². The first-order chi connectivity index (χ1) is 1.73. The molecule has 0 amide bonds. The minimum Gasteiger partial charge on any atom is -0.147 e. The Morgan fingerprint density at radius 1 is 1.17 bits per heavy atom. The lowest BCUT2D eigenvalue weighted by Gasteiger charge is -1.76. The van der Waals surface area contributed by atoms with Crippen LogP contribution >= 0.6 is 36.4 Å². The summed E-state index contributed by atoms with van der Waals surface area (Å²) in [7, 11) is 0. The maximum absolute atomic E-state index is 5.27. The van der Waals surface area contributed by atoms with E-state index in [4.69, 9.17) is 11.6 Å². The monoisotopic (exact) mass is 150 g/mol. The van der Waals surface area contributed by atoms with E-state index >= 15 is 0 Å². The minimum absolute atomic E-state index is 0. The third kappa shape index (κ3) is 96.4. The van der Waals surface area contributed by atoms with Crippen molar-refractivity contribution in [2.45, 2.75) is 19.2 Å². The Labute approximate surface area is 56.1 Å². The fourth-order valence-corrected chi connectivity index (χ4v) is 0. The van der Waals surface area contributed by atoms with Crippen LogP contribution in [0, 0.1) is 0 Å². The summed E-state index contributed by atoms with van der Waals surface area (Å²) in [5, 5.41) is 0.306. The van der Waals surface area contributed by atoms with Crippen molar-refractivity contribution in [2.75, 3.05) is 0 Å². The van der Waals surface area contributed by atoms with Crippen LogP contribution < -0.4 is 0 Å². The second-order valence-corrected chi connectivity index (χ2v) is 1.89. The van der Waals surface area contributed by atoms with Crippen LogP contribution in [-0.2, 0) is 0 Å². The van der Waals surface area contributed by atoms with Gasteiger partial charge in [-0.05, 0) is 13.8 Å². The first-order valence-corrected chi connectivity index (χ1v) is 1.81. The first-order valence-electron chi connectivity index (χ1n) is 1.37. The second-order valence-electron chi connectivity index (χ2n) is 1.01. The summed E-state index contributed by atoms with van der Waals surface area (Å²) in [6.07, 6.45) is 0. The largest absolute Gasteiger partial charge is 0.147 e. The zero-order valence-corrected chi connectivity index (χ0v) is 6.16. The van der Waals surface area contributed by atoms with Gasteiger partial charge in [-0.3, -0.25) is 0 Å². The summed E-state index contributed by atoms with van der Waals surface area (Å²) >= 11 is 5.27. The van der Waals surface area contributed by atoms with E-state index in [1.165, 1.54) is 0 Å². The number of halogens is 3. The molecule has 0 unspecified atom stereocenters. The van der Waals surface area contributed by atoms with Gasteiger partial charge in [-0.25, -0.2) is 0 Å². The smallest absolute Gasteiger partial charge is 0.0279 e. The highest BCUT2D eigenvalue weighted by atomic mass is 35.5. The van der Waals surface area contributed by atoms with Gasteiger partial charge in [-0.2, -0.15) is 0 Å². The average Bonchev–Trinajstić information content (AvgIpc) is 0.811. The molecule has 0 aromatic rings. The summed E-state index contributed by atoms with van der Waals surface area (Å²) in [4.78, 5) is 0. The molecular formula is C3H9Cl3. The van der Waals surface area contributed by atoms with Crippen LogP contribution in [0.1, 0.15) is 13.8 Å².